The van der Waals surface area contributed by atoms with E-state index in [1.54, 1.807) is 31.2 Å². The quantitative estimate of drug-likeness (QED) is 0.363. The number of nitro groups is 1. The highest BCUT2D eigenvalue weighted by Gasteiger charge is 2.24. The van der Waals surface area contributed by atoms with Crippen molar-refractivity contribution in [2.45, 2.75) is 6.92 Å². The first kappa shape index (κ1) is 19.7. The van der Waals surface area contributed by atoms with Crippen molar-refractivity contribution in [2.24, 2.45) is 0 Å². The fraction of sp³-hybridized carbons (Fsp3) is 0.0556. The summed E-state index contributed by atoms with van der Waals surface area (Å²) in [7, 11) is 0. The Kier molecular flexibility index (Phi) is 5.54. The molecule has 28 heavy (non-hydrogen) atoms. The number of aryl methyl sites for hydroxylation is 1. The normalized spacial score (nSPS) is 11.8. The molecular formula is C18H13N2O6S2-. The lowest BCUT2D eigenvalue weighted by molar-refractivity contribution is -0.384. The van der Waals surface area contributed by atoms with Crippen LogP contribution in [0.5, 0.6) is 0 Å². The monoisotopic (exact) mass is 417 g/mol. The molecule has 1 aromatic heterocycles. The second kappa shape index (κ2) is 7.89. The maximum Gasteiger partial charge on any atom is 0.348 e. The fourth-order valence-electron chi connectivity index (χ4n) is 2.66. The molecule has 0 radical (unpaired) electrons. The smallest absolute Gasteiger partial charge is 0.348 e. The van der Waals surface area contributed by atoms with Gasteiger partial charge in [-0.1, -0.05) is 18.2 Å². The molecule has 3 rings (SSSR count). The summed E-state index contributed by atoms with van der Waals surface area (Å²) in [6, 6.07) is 13.8. The zero-order chi connectivity index (χ0) is 20.4. The SMILES string of the molecule is Cc1ccccc1N(c1cc(-c2ccc([N+](=O)[O-])cc2)sc1C(=O)O)S(=O)[O-]. The van der Waals surface area contributed by atoms with Crippen LogP contribution in [-0.4, -0.2) is 24.8 Å². The van der Waals surface area contributed by atoms with Crippen molar-refractivity contribution in [3.63, 3.8) is 0 Å². The zero-order valence-electron chi connectivity index (χ0n) is 14.4. The fourth-order valence-corrected chi connectivity index (χ4v) is 4.37. The lowest BCUT2D eigenvalue weighted by Crippen LogP contribution is -2.21. The Labute approximate surface area is 166 Å². The van der Waals surface area contributed by atoms with Gasteiger partial charge >= 0.3 is 5.97 Å². The molecule has 0 amide bonds. The van der Waals surface area contributed by atoms with Crippen molar-refractivity contribution in [2.75, 3.05) is 4.31 Å². The highest BCUT2D eigenvalue weighted by Crippen LogP contribution is 2.41. The largest absolute Gasteiger partial charge is 0.755 e. The maximum absolute atomic E-state index is 12.0. The molecule has 2 aromatic carbocycles. The number of carboxylic acids is 1. The van der Waals surface area contributed by atoms with E-state index in [1.807, 2.05) is 0 Å². The van der Waals surface area contributed by atoms with E-state index in [9.17, 15) is 28.8 Å². The van der Waals surface area contributed by atoms with Crippen LogP contribution in [0.2, 0.25) is 0 Å². The average molecular weight is 417 g/mol. The number of para-hydroxylation sites is 1. The molecule has 1 N–H and O–H groups in total. The first-order chi connectivity index (χ1) is 13.3. The van der Waals surface area contributed by atoms with Crippen LogP contribution in [0.3, 0.4) is 0 Å². The molecule has 0 aliphatic carbocycles. The van der Waals surface area contributed by atoms with Gasteiger partial charge in [-0.3, -0.25) is 18.6 Å². The molecule has 0 saturated carbocycles. The molecule has 0 fully saturated rings. The second-order valence-corrected chi connectivity index (χ2v) is 7.58. The van der Waals surface area contributed by atoms with E-state index >= 15 is 0 Å². The number of rotatable bonds is 6. The zero-order valence-corrected chi connectivity index (χ0v) is 16.0. The van der Waals surface area contributed by atoms with Crippen molar-refractivity contribution < 1.29 is 23.6 Å². The van der Waals surface area contributed by atoms with Gasteiger partial charge in [-0.05, 0) is 42.3 Å². The minimum Gasteiger partial charge on any atom is -0.755 e. The number of thiophene rings is 1. The third-order valence-electron chi connectivity index (χ3n) is 3.97. The molecular weight excluding hydrogens is 404 g/mol. The molecule has 8 nitrogen and oxygen atoms in total. The second-order valence-electron chi connectivity index (χ2n) is 5.73. The van der Waals surface area contributed by atoms with Gasteiger partial charge < -0.3 is 9.66 Å². The Bertz CT molecular complexity index is 1080. The molecule has 10 heteroatoms. The van der Waals surface area contributed by atoms with E-state index in [-0.39, 0.29) is 16.3 Å². The number of benzene rings is 2. The Balaban J connectivity index is 2.14. The number of carboxylic acid groups (broad SMARTS) is 1. The summed E-state index contributed by atoms with van der Waals surface area (Å²) in [6.07, 6.45) is 0. The standard InChI is InChI=1S/C18H14N2O6S2/c1-11-4-2-3-5-14(11)19(28(25)26)15-10-16(27-17(15)18(21)22)12-6-8-13(9-7-12)20(23)24/h2-10H,1H3,(H,21,22)(H,25,26)/p-1. The summed E-state index contributed by atoms with van der Waals surface area (Å²) in [4.78, 5) is 22.3. The van der Waals surface area contributed by atoms with E-state index in [0.717, 1.165) is 15.6 Å². The average Bonchev–Trinajstić information content (AvgIpc) is 3.08. The van der Waals surface area contributed by atoms with E-state index < -0.39 is 22.2 Å². The van der Waals surface area contributed by atoms with Crippen LogP contribution >= 0.6 is 11.3 Å². The van der Waals surface area contributed by atoms with Crippen LogP contribution in [-0.2, 0) is 11.3 Å². The van der Waals surface area contributed by atoms with Gasteiger partial charge in [0.2, 0.25) is 0 Å². The predicted molar refractivity (Wildman–Crippen MR) is 106 cm³/mol. The number of nitro benzene ring substituents is 1. The predicted octanol–water partition coefficient (Wildman–Crippen LogP) is 4.26. The molecule has 0 aliphatic heterocycles. The van der Waals surface area contributed by atoms with Gasteiger partial charge in [0.15, 0.2) is 0 Å². The van der Waals surface area contributed by atoms with E-state index in [0.29, 0.717) is 21.7 Å². The first-order valence-electron chi connectivity index (χ1n) is 7.86. The number of anilines is 2. The molecule has 0 spiro atoms. The van der Waals surface area contributed by atoms with Gasteiger partial charge in [-0.25, -0.2) is 4.79 Å². The topological polar surface area (TPSA) is 124 Å². The highest BCUT2D eigenvalue weighted by atomic mass is 32.2. The van der Waals surface area contributed by atoms with Gasteiger partial charge in [-0.2, -0.15) is 0 Å². The Morgan fingerprint density at radius 3 is 2.32 bits per heavy atom. The third kappa shape index (κ3) is 3.79. The van der Waals surface area contributed by atoms with E-state index in [2.05, 4.69) is 0 Å². The number of aromatic carboxylic acids is 1. The molecule has 1 atom stereocenters. The third-order valence-corrected chi connectivity index (χ3v) is 5.82. The van der Waals surface area contributed by atoms with Gasteiger partial charge in [0.25, 0.3) is 5.69 Å². The van der Waals surface area contributed by atoms with Crippen LogP contribution in [0.15, 0.2) is 54.6 Å². The molecule has 0 aliphatic rings. The van der Waals surface area contributed by atoms with Gasteiger partial charge in [0, 0.05) is 17.0 Å². The number of nitrogens with zero attached hydrogens (tertiary/aromatic N) is 2. The van der Waals surface area contributed by atoms with Gasteiger partial charge in [0.05, 0.1) is 27.6 Å². The van der Waals surface area contributed by atoms with Crippen LogP contribution in [0.4, 0.5) is 17.1 Å². The molecule has 3 aromatic rings. The number of hydrogen-bond donors (Lipinski definition) is 1. The summed E-state index contributed by atoms with van der Waals surface area (Å²) in [5, 5.41) is 20.4. The van der Waals surface area contributed by atoms with E-state index in [4.69, 9.17) is 0 Å². The van der Waals surface area contributed by atoms with Crippen LogP contribution in [0.25, 0.3) is 10.4 Å². The van der Waals surface area contributed by atoms with Crippen molar-refractivity contribution >= 4 is 45.6 Å². The molecule has 0 saturated heterocycles. The van der Waals surface area contributed by atoms with Gasteiger partial charge in [0.1, 0.15) is 4.88 Å². The number of non-ortho nitro benzene ring substituents is 1. The van der Waals surface area contributed by atoms with Gasteiger partial charge in [-0.15, -0.1) is 11.3 Å². The lowest BCUT2D eigenvalue weighted by atomic mass is 10.1. The van der Waals surface area contributed by atoms with Crippen LogP contribution < -0.4 is 4.31 Å². The Morgan fingerprint density at radius 2 is 1.79 bits per heavy atom. The molecule has 0 bridgehead atoms. The summed E-state index contributed by atoms with van der Waals surface area (Å²) < 4.78 is 24.8. The van der Waals surface area contributed by atoms with Crippen molar-refractivity contribution in [1.82, 2.24) is 0 Å². The summed E-state index contributed by atoms with van der Waals surface area (Å²) in [6.45, 7) is 1.72. The van der Waals surface area contributed by atoms with Crippen molar-refractivity contribution in [3.8, 4) is 10.4 Å². The minimum atomic E-state index is -2.76. The number of hydrogen-bond acceptors (Lipinski definition) is 6. The summed E-state index contributed by atoms with van der Waals surface area (Å²) in [5.41, 5.74) is 1.46. The molecule has 1 heterocycles. The molecule has 1 unspecified atom stereocenters. The first-order valence-corrected chi connectivity index (χ1v) is 9.71. The lowest BCUT2D eigenvalue weighted by Gasteiger charge is -2.27. The maximum atomic E-state index is 12.0. The van der Waals surface area contributed by atoms with Crippen LogP contribution in [0.1, 0.15) is 15.2 Å². The molecule has 144 valence electrons. The Morgan fingerprint density at radius 1 is 1.14 bits per heavy atom. The van der Waals surface area contributed by atoms with Crippen molar-refractivity contribution in [1.29, 1.82) is 0 Å². The number of carbonyl (C=O) groups is 1. The van der Waals surface area contributed by atoms with Crippen molar-refractivity contribution in [3.05, 3.63) is 75.2 Å². The summed E-state index contributed by atoms with van der Waals surface area (Å²) in [5.74, 6) is -1.27. The Hall–Kier alpha value is -3.08. The summed E-state index contributed by atoms with van der Waals surface area (Å²) >= 11 is -1.86. The minimum absolute atomic E-state index is 0.00786. The van der Waals surface area contributed by atoms with Crippen LogP contribution in [0, 0.1) is 17.0 Å². The highest BCUT2D eigenvalue weighted by molar-refractivity contribution is 7.81. The van der Waals surface area contributed by atoms with E-state index in [1.165, 1.54) is 30.3 Å².